The van der Waals surface area contributed by atoms with Gasteiger partial charge in [-0.25, -0.2) is 9.67 Å². The molecule has 0 spiro atoms. The summed E-state index contributed by atoms with van der Waals surface area (Å²) in [7, 11) is 0. The number of aryl methyl sites for hydroxylation is 1. The van der Waals surface area contributed by atoms with Crippen LogP contribution >= 0.6 is 11.3 Å². The number of benzene rings is 1. The number of carbonyl (C=O) groups is 1. The average molecular weight is 419 g/mol. The molecule has 1 N–H and O–H groups in total. The molecule has 1 aromatic carbocycles. The number of aromatic nitrogens is 4. The number of hydrogen-bond donors (Lipinski definition) is 1. The SMILES string of the molecule is Cc1cc(NC(=O)c2cnc3sccn3c2=O)n(-c2ccccc2C(F)(F)F)n1. The molecule has 4 rings (SSSR count). The van der Waals surface area contributed by atoms with E-state index < -0.39 is 23.2 Å². The second-order valence-electron chi connectivity index (χ2n) is 6.08. The van der Waals surface area contributed by atoms with Crippen LogP contribution in [0.4, 0.5) is 19.0 Å². The van der Waals surface area contributed by atoms with Crippen molar-refractivity contribution in [1.82, 2.24) is 19.2 Å². The smallest absolute Gasteiger partial charge is 0.306 e. The third-order valence-electron chi connectivity index (χ3n) is 4.10. The van der Waals surface area contributed by atoms with Crippen LogP contribution in [0.3, 0.4) is 0 Å². The highest BCUT2D eigenvalue weighted by Gasteiger charge is 2.34. The van der Waals surface area contributed by atoms with Crippen LogP contribution < -0.4 is 10.9 Å². The van der Waals surface area contributed by atoms with Gasteiger partial charge >= 0.3 is 6.18 Å². The molecule has 4 aromatic rings. The number of hydrogen-bond acceptors (Lipinski definition) is 5. The highest BCUT2D eigenvalue weighted by Crippen LogP contribution is 2.34. The zero-order valence-electron chi connectivity index (χ0n) is 14.8. The molecule has 3 aromatic heterocycles. The molecule has 0 saturated carbocycles. The van der Waals surface area contributed by atoms with E-state index in [-0.39, 0.29) is 17.1 Å². The van der Waals surface area contributed by atoms with E-state index in [9.17, 15) is 22.8 Å². The van der Waals surface area contributed by atoms with E-state index in [1.165, 1.54) is 46.2 Å². The zero-order chi connectivity index (χ0) is 20.8. The number of thiazole rings is 1. The molecule has 0 aliphatic heterocycles. The van der Waals surface area contributed by atoms with Crippen molar-refractivity contribution in [3.05, 3.63) is 75.3 Å². The summed E-state index contributed by atoms with van der Waals surface area (Å²) >= 11 is 1.23. The maximum absolute atomic E-state index is 13.4. The van der Waals surface area contributed by atoms with E-state index in [4.69, 9.17) is 0 Å². The van der Waals surface area contributed by atoms with Crippen LogP contribution in [0.2, 0.25) is 0 Å². The van der Waals surface area contributed by atoms with Crippen molar-refractivity contribution < 1.29 is 18.0 Å². The largest absolute Gasteiger partial charge is 0.418 e. The second kappa shape index (κ2) is 6.85. The van der Waals surface area contributed by atoms with Crippen molar-refractivity contribution in [1.29, 1.82) is 0 Å². The fourth-order valence-electron chi connectivity index (χ4n) is 2.83. The van der Waals surface area contributed by atoms with Crippen LogP contribution in [0.1, 0.15) is 21.6 Å². The highest BCUT2D eigenvalue weighted by molar-refractivity contribution is 7.15. The van der Waals surface area contributed by atoms with E-state index in [2.05, 4.69) is 15.4 Å². The summed E-state index contributed by atoms with van der Waals surface area (Å²) in [4.78, 5) is 29.6. The molecular weight excluding hydrogens is 407 g/mol. The molecule has 0 radical (unpaired) electrons. The van der Waals surface area contributed by atoms with Gasteiger partial charge in [0.25, 0.3) is 11.5 Å². The second-order valence-corrected chi connectivity index (χ2v) is 6.96. The molecule has 0 saturated heterocycles. The van der Waals surface area contributed by atoms with Crippen molar-refractivity contribution in [2.75, 3.05) is 5.32 Å². The Morgan fingerprint density at radius 3 is 2.76 bits per heavy atom. The van der Waals surface area contributed by atoms with Crippen LogP contribution in [0.15, 0.2) is 52.9 Å². The molecule has 1 amide bonds. The van der Waals surface area contributed by atoms with Crippen LogP contribution in [0, 0.1) is 6.92 Å². The summed E-state index contributed by atoms with van der Waals surface area (Å²) in [6, 6.07) is 6.30. The maximum atomic E-state index is 13.4. The van der Waals surface area contributed by atoms with E-state index >= 15 is 0 Å². The minimum Gasteiger partial charge on any atom is -0.306 e. The van der Waals surface area contributed by atoms with Gasteiger partial charge in [-0.15, -0.1) is 11.3 Å². The molecule has 29 heavy (non-hydrogen) atoms. The topological polar surface area (TPSA) is 81.3 Å². The van der Waals surface area contributed by atoms with Crippen molar-refractivity contribution in [2.45, 2.75) is 13.1 Å². The van der Waals surface area contributed by atoms with Gasteiger partial charge in [-0.3, -0.25) is 14.0 Å². The molecule has 0 aliphatic carbocycles. The Balaban J connectivity index is 1.76. The average Bonchev–Trinajstić information content (AvgIpc) is 3.28. The summed E-state index contributed by atoms with van der Waals surface area (Å²) in [5, 5.41) is 8.19. The van der Waals surface area contributed by atoms with Crippen LogP contribution in [-0.4, -0.2) is 25.1 Å². The van der Waals surface area contributed by atoms with Gasteiger partial charge in [-0.1, -0.05) is 12.1 Å². The van der Waals surface area contributed by atoms with Gasteiger partial charge in [0.2, 0.25) is 0 Å². The summed E-state index contributed by atoms with van der Waals surface area (Å²) in [6.07, 6.45) is -1.98. The number of alkyl halides is 3. The van der Waals surface area contributed by atoms with Gasteiger partial charge in [-0.05, 0) is 19.1 Å². The van der Waals surface area contributed by atoms with Crippen molar-refractivity contribution >= 4 is 28.0 Å². The minimum absolute atomic E-state index is 0.000912. The Labute approximate surface area is 165 Å². The van der Waals surface area contributed by atoms with Gasteiger partial charge in [-0.2, -0.15) is 18.3 Å². The molecule has 0 unspecified atom stereocenters. The third-order valence-corrected chi connectivity index (χ3v) is 4.87. The Morgan fingerprint density at radius 1 is 1.24 bits per heavy atom. The number of carbonyl (C=O) groups excluding carboxylic acids is 1. The van der Waals surface area contributed by atoms with Crippen molar-refractivity contribution in [3.63, 3.8) is 0 Å². The summed E-state index contributed by atoms with van der Waals surface area (Å²) in [5.74, 6) is -0.798. The first-order chi connectivity index (χ1) is 13.8. The van der Waals surface area contributed by atoms with Gasteiger partial charge in [0.15, 0.2) is 4.96 Å². The number of halogens is 3. The monoisotopic (exact) mass is 419 g/mol. The van der Waals surface area contributed by atoms with Crippen LogP contribution in [-0.2, 0) is 6.18 Å². The Morgan fingerprint density at radius 2 is 2.00 bits per heavy atom. The molecule has 0 aliphatic rings. The predicted octanol–water partition coefficient (Wildman–Crippen LogP) is 3.52. The molecule has 3 heterocycles. The van der Waals surface area contributed by atoms with Gasteiger partial charge in [0, 0.05) is 23.8 Å². The summed E-state index contributed by atoms with van der Waals surface area (Å²) < 4.78 is 42.4. The predicted molar refractivity (Wildman–Crippen MR) is 101 cm³/mol. The first kappa shape index (κ1) is 18.9. The molecule has 7 nitrogen and oxygen atoms in total. The van der Waals surface area contributed by atoms with Crippen LogP contribution in [0.5, 0.6) is 0 Å². The number of anilines is 1. The highest BCUT2D eigenvalue weighted by atomic mass is 32.1. The first-order valence-electron chi connectivity index (χ1n) is 8.25. The quantitative estimate of drug-likeness (QED) is 0.551. The number of nitrogens with zero attached hydrogens (tertiary/aromatic N) is 4. The Hall–Kier alpha value is -3.47. The van der Waals surface area contributed by atoms with Crippen LogP contribution in [0.25, 0.3) is 10.6 Å². The molecule has 11 heteroatoms. The minimum atomic E-state index is -4.61. The number of nitrogens with one attached hydrogen (secondary N) is 1. The fourth-order valence-corrected chi connectivity index (χ4v) is 3.51. The lowest BCUT2D eigenvalue weighted by atomic mass is 10.1. The standard InChI is InChI=1S/C18H12F3N5O2S/c1-10-8-14(26(24-10)13-5-3-2-4-12(13)18(19,20)21)23-15(27)11-9-22-17-25(16(11)28)6-7-29-17/h2-9H,1H3,(H,23,27). The first-order valence-corrected chi connectivity index (χ1v) is 9.13. The van der Waals surface area contributed by atoms with Crippen molar-refractivity contribution in [2.24, 2.45) is 0 Å². The van der Waals surface area contributed by atoms with E-state index in [0.29, 0.717) is 10.7 Å². The lowest BCUT2D eigenvalue weighted by Gasteiger charge is -2.15. The normalized spacial score (nSPS) is 11.7. The number of fused-ring (bicyclic) bond motifs is 1. The fraction of sp³-hybridized carbons (Fsp3) is 0.111. The molecule has 0 atom stereocenters. The van der Waals surface area contributed by atoms with Crippen molar-refractivity contribution in [3.8, 4) is 5.69 Å². The molecule has 0 fully saturated rings. The number of rotatable bonds is 3. The lowest BCUT2D eigenvalue weighted by Crippen LogP contribution is -2.26. The Bertz CT molecular complexity index is 1290. The van der Waals surface area contributed by atoms with E-state index in [1.807, 2.05) is 0 Å². The van der Waals surface area contributed by atoms with Gasteiger partial charge in [0.1, 0.15) is 11.4 Å². The van der Waals surface area contributed by atoms with Gasteiger partial charge < -0.3 is 5.32 Å². The molecule has 148 valence electrons. The van der Waals surface area contributed by atoms with E-state index in [0.717, 1.165) is 16.9 Å². The summed E-state index contributed by atoms with van der Waals surface area (Å²) in [5.41, 5.74) is -1.57. The van der Waals surface area contributed by atoms with E-state index in [1.54, 1.807) is 12.3 Å². The molecular formula is C18H12F3N5O2S. The summed E-state index contributed by atoms with van der Waals surface area (Å²) in [6.45, 7) is 1.58. The number of amides is 1. The Kier molecular flexibility index (Phi) is 4.46. The number of para-hydroxylation sites is 1. The lowest BCUT2D eigenvalue weighted by molar-refractivity contribution is -0.137. The third kappa shape index (κ3) is 3.40. The molecule has 0 bridgehead atoms. The zero-order valence-corrected chi connectivity index (χ0v) is 15.6. The maximum Gasteiger partial charge on any atom is 0.418 e. The van der Waals surface area contributed by atoms with Gasteiger partial charge in [0.05, 0.1) is 16.9 Å².